The summed E-state index contributed by atoms with van der Waals surface area (Å²) >= 11 is 23.8. The number of nitro groups is 1. The maximum absolute atomic E-state index is 12.3. The molecule has 0 aliphatic carbocycles. The van der Waals surface area contributed by atoms with Crippen molar-refractivity contribution < 1.29 is 9.72 Å². The molecule has 3 N–H and O–H groups in total. The van der Waals surface area contributed by atoms with Crippen LogP contribution in [0.4, 0.5) is 23.0 Å². The molecule has 3 aromatic rings. The van der Waals surface area contributed by atoms with Crippen molar-refractivity contribution in [2.75, 3.05) is 10.7 Å². The fourth-order valence-corrected chi connectivity index (χ4v) is 3.14. The van der Waals surface area contributed by atoms with E-state index in [1.165, 1.54) is 30.3 Å². The predicted octanol–water partition coefficient (Wildman–Crippen LogP) is 5.50. The third-order valence-electron chi connectivity index (χ3n) is 3.66. The Labute approximate surface area is 189 Å². The van der Waals surface area contributed by atoms with Gasteiger partial charge in [0.15, 0.2) is 0 Å². The number of nitrogens with zero attached hydrogens (tertiary/aromatic N) is 3. The van der Waals surface area contributed by atoms with Gasteiger partial charge in [0.05, 0.1) is 26.2 Å². The lowest BCUT2D eigenvalue weighted by atomic mass is 10.2. The molecule has 0 aliphatic rings. The average Bonchev–Trinajstić information content (AvgIpc) is 2.68. The van der Waals surface area contributed by atoms with Crippen LogP contribution in [0.3, 0.4) is 0 Å². The van der Waals surface area contributed by atoms with E-state index in [2.05, 4.69) is 26.1 Å². The zero-order chi connectivity index (χ0) is 21.8. The van der Waals surface area contributed by atoms with Gasteiger partial charge in [0, 0.05) is 10.0 Å². The Kier molecular flexibility index (Phi) is 6.78. The molecule has 0 bridgehead atoms. The van der Waals surface area contributed by atoms with Crippen LogP contribution in [-0.4, -0.2) is 20.8 Å². The Morgan fingerprint density at radius 3 is 2.30 bits per heavy atom. The van der Waals surface area contributed by atoms with Gasteiger partial charge in [-0.3, -0.25) is 25.8 Å². The average molecular weight is 488 g/mol. The van der Waals surface area contributed by atoms with Crippen molar-refractivity contribution in [3.05, 3.63) is 78.5 Å². The summed E-state index contributed by atoms with van der Waals surface area (Å²) in [6, 6.07) is 8.84. The molecule has 0 unspecified atom stereocenters. The first-order chi connectivity index (χ1) is 14.3. The molecule has 0 aliphatic heterocycles. The smallest absolute Gasteiger partial charge is 0.333 e. The quantitative estimate of drug-likeness (QED) is 0.310. The third kappa shape index (κ3) is 5.00. The maximum atomic E-state index is 12.3. The summed E-state index contributed by atoms with van der Waals surface area (Å²) in [6.45, 7) is 0. The largest absolute Gasteiger partial charge is 0.355 e. The maximum Gasteiger partial charge on any atom is 0.355 e. The number of hydrogen-bond donors (Lipinski definition) is 3. The number of amides is 1. The lowest BCUT2D eigenvalue weighted by molar-refractivity contribution is -0.383. The number of carbonyl (C=O) groups is 1. The third-order valence-corrected chi connectivity index (χ3v) is 4.77. The highest BCUT2D eigenvalue weighted by Crippen LogP contribution is 2.34. The van der Waals surface area contributed by atoms with Crippen LogP contribution in [-0.2, 0) is 0 Å². The molecule has 1 heterocycles. The highest BCUT2D eigenvalue weighted by Gasteiger charge is 2.24. The van der Waals surface area contributed by atoms with Gasteiger partial charge in [-0.25, -0.2) is 9.97 Å². The summed E-state index contributed by atoms with van der Waals surface area (Å²) in [5.74, 6) is -1.09. The SMILES string of the molecule is O=C(NNc1ncnc(Nc2cc(Cl)ccc2Cl)c1[N+](=O)[O-])c1ccc(Cl)cc1Cl. The van der Waals surface area contributed by atoms with E-state index in [9.17, 15) is 14.9 Å². The number of nitrogens with one attached hydrogen (secondary N) is 3. The molecule has 0 saturated carbocycles. The fourth-order valence-electron chi connectivity index (χ4n) is 2.31. The van der Waals surface area contributed by atoms with Crippen molar-refractivity contribution in [3.63, 3.8) is 0 Å². The number of hydrazine groups is 1. The highest BCUT2D eigenvalue weighted by molar-refractivity contribution is 6.37. The second-order valence-corrected chi connectivity index (χ2v) is 7.32. The second-order valence-electron chi connectivity index (χ2n) is 5.63. The van der Waals surface area contributed by atoms with E-state index in [1.807, 2.05) is 0 Å². The van der Waals surface area contributed by atoms with E-state index < -0.39 is 16.5 Å². The zero-order valence-corrected chi connectivity index (χ0v) is 17.6. The highest BCUT2D eigenvalue weighted by atomic mass is 35.5. The second kappa shape index (κ2) is 9.31. The summed E-state index contributed by atoms with van der Waals surface area (Å²) in [5, 5.41) is 15.5. The molecular formula is C17H10Cl4N6O3. The molecule has 0 fully saturated rings. The van der Waals surface area contributed by atoms with Gasteiger partial charge in [-0.2, -0.15) is 0 Å². The van der Waals surface area contributed by atoms with E-state index in [4.69, 9.17) is 46.4 Å². The normalized spacial score (nSPS) is 10.4. The number of carbonyl (C=O) groups excluding carboxylic acids is 1. The summed E-state index contributed by atoms with van der Waals surface area (Å²) in [4.78, 5) is 30.9. The molecule has 1 amide bonds. The molecular weight excluding hydrogens is 478 g/mol. The number of halogens is 4. The van der Waals surface area contributed by atoms with Crippen molar-refractivity contribution in [1.82, 2.24) is 15.4 Å². The monoisotopic (exact) mass is 486 g/mol. The van der Waals surface area contributed by atoms with Crippen LogP contribution in [0.1, 0.15) is 10.4 Å². The van der Waals surface area contributed by atoms with E-state index in [1.54, 1.807) is 6.07 Å². The molecule has 154 valence electrons. The van der Waals surface area contributed by atoms with Crippen LogP contribution in [0, 0.1) is 10.1 Å². The predicted molar refractivity (Wildman–Crippen MR) is 116 cm³/mol. The first-order valence-corrected chi connectivity index (χ1v) is 9.50. The van der Waals surface area contributed by atoms with Crippen molar-refractivity contribution in [2.24, 2.45) is 0 Å². The van der Waals surface area contributed by atoms with E-state index >= 15 is 0 Å². The van der Waals surface area contributed by atoms with E-state index in [-0.39, 0.29) is 27.2 Å². The Morgan fingerprint density at radius 2 is 1.60 bits per heavy atom. The van der Waals surface area contributed by atoms with Crippen LogP contribution in [0.5, 0.6) is 0 Å². The lowest BCUT2D eigenvalue weighted by Gasteiger charge is -2.12. The van der Waals surface area contributed by atoms with Gasteiger partial charge in [0.2, 0.25) is 11.6 Å². The molecule has 2 aromatic carbocycles. The Balaban J connectivity index is 1.86. The molecule has 0 spiro atoms. The minimum Gasteiger partial charge on any atom is -0.333 e. The molecule has 0 atom stereocenters. The minimum atomic E-state index is -0.718. The van der Waals surface area contributed by atoms with Crippen molar-refractivity contribution in [3.8, 4) is 0 Å². The number of benzene rings is 2. The molecule has 13 heteroatoms. The van der Waals surface area contributed by atoms with Gasteiger partial charge >= 0.3 is 5.69 Å². The standard InChI is InChI=1S/C17H10Cl4N6O3/c18-8-1-3-10(12(21)5-8)17(28)26-25-16-14(27(29)30)15(22-7-23-16)24-13-6-9(19)2-4-11(13)20/h1-7H,(H,26,28)(H2,22,23,24,25). The Hall–Kier alpha value is -2.85. The molecule has 1 aromatic heterocycles. The van der Waals surface area contributed by atoms with Gasteiger partial charge in [-0.15, -0.1) is 0 Å². The molecule has 0 saturated heterocycles. The van der Waals surface area contributed by atoms with Gasteiger partial charge in [0.25, 0.3) is 5.91 Å². The van der Waals surface area contributed by atoms with Crippen LogP contribution >= 0.6 is 46.4 Å². The molecule has 0 radical (unpaired) electrons. The number of aromatic nitrogens is 2. The summed E-state index contributed by atoms with van der Waals surface area (Å²) in [6.07, 6.45) is 1.07. The Bertz CT molecular complexity index is 1140. The summed E-state index contributed by atoms with van der Waals surface area (Å²) in [5.41, 5.74) is 4.57. The van der Waals surface area contributed by atoms with Gasteiger partial charge in [0.1, 0.15) is 6.33 Å². The lowest BCUT2D eigenvalue weighted by Crippen LogP contribution is -2.30. The summed E-state index contributed by atoms with van der Waals surface area (Å²) < 4.78 is 0. The molecule has 30 heavy (non-hydrogen) atoms. The number of rotatable bonds is 6. The van der Waals surface area contributed by atoms with Gasteiger partial charge in [-0.05, 0) is 36.4 Å². The number of hydrogen-bond acceptors (Lipinski definition) is 7. The van der Waals surface area contributed by atoms with E-state index in [0.717, 1.165) is 6.33 Å². The summed E-state index contributed by atoms with van der Waals surface area (Å²) in [7, 11) is 0. The molecule has 3 rings (SSSR count). The topological polar surface area (TPSA) is 122 Å². The number of anilines is 3. The van der Waals surface area contributed by atoms with Crippen molar-refractivity contribution in [1.29, 1.82) is 0 Å². The first kappa shape index (κ1) is 21.8. The molecule has 9 nitrogen and oxygen atoms in total. The van der Waals surface area contributed by atoms with Crippen LogP contribution in [0.15, 0.2) is 42.7 Å². The first-order valence-electron chi connectivity index (χ1n) is 7.99. The minimum absolute atomic E-state index is 0.106. The zero-order valence-electron chi connectivity index (χ0n) is 14.6. The van der Waals surface area contributed by atoms with Crippen molar-refractivity contribution >= 4 is 75.3 Å². The Morgan fingerprint density at radius 1 is 0.933 bits per heavy atom. The van der Waals surface area contributed by atoms with Gasteiger partial charge in [-0.1, -0.05) is 46.4 Å². The van der Waals surface area contributed by atoms with Gasteiger partial charge < -0.3 is 5.32 Å². The van der Waals surface area contributed by atoms with Crippen LogP contribution in [0.25, 0.3) is 0 Å². The van der Waals surface area contributed by atoms with Crippen molar-refractivity contribution in [2.45, 2.75) is 0 Å². The fraction of sp³-hybridized carbons (Fsp3) is 0. The van der Waals surface area contributed by atoms with E-state index in [0.29, 0.717) is 15.7 Å². The van der Waals surface area contributed by atoms with Crippen LogP contribution in [0.2, 0.25) is 20.1 Å². The van der Waals surface area contributed by atoms with Crippen LogP contribution < -0.4 is 16.2 Å².